The average Bonchev–Trinajstić information content (AvgIpc) is 3.26. The van der Waals surface area contributed by atoms with Gasteiger partial charge in [-0.25, -0.2) is 18.2 Å². The van der Waals surface area contributed by atoms with E-state index in [0.717, 1.165) is 10.3 Å². The Hall–Kier alpha value is -3.54. The molecule has 10 nitrogen and oxygen atoms in total. The van der Waals surface area contributed by atoms with Gasteiger partial charge in [-0.3, -0.25) is 23.0 Å². The third-order valence-electron chi connectivity index (χ3n) is 6.85. The van der Waals surface area contributed by atoms with E-state index in [4.69, 9.17) is 0 Å². The minimum absolute atomic E-state index is 0.0174. The Labute approximate surface area is 206 Å². The highest BCUT2D eigenvalue weighted by atomic mass is 32.2. The number of benzene rings is 1. The first-order valence-electron chi connectivity index (χ1n) is 11.7. The van der Waals surface area contributed by atoms with Gasteiger partial charge < -0.3 is 4.57 Å². The topological polar surface area (TPSA) is 114 Å². The molecule has 0 saturated heterocycles. The third kappa shape index (κ3) is 4.29. The Morgan fingerprint density at radius 3 is 2.53 bits per heavy atom. The molecule has 0 radical (unpaired) electrons. The highest BCUT2D eigenvalue weighted by Crippen LogP contribution is 2.47. The molecular weight excluding hydrogens is 487 g/mol. The van der Waals surface area contributed by atoms with Crippen LogP contribution in [0.5, 0.6) is 0 Å². The minimum atomic E-state index is -3.83. The van der Waals surface area contributed by atoms with Crippen molar-refractivity contribution in [1.29, 1.82) is 0 Å². The summed E-state index contributed by atoms with van der Waals surface area (Å²) in [5.41, 5.74) is -0.202. The minimum Gasteiger partial charge on any atom is -0.333 e. The van der Waals surface area contributed by atoms with E-state index in [-0.39, 0.29) is 29.1 Å². The van der Waals surface area contributed by atoms with Crippen molar-refractivity contribution >= 4 is 20.7 Å². The molecule has 0 unspecified atom stereocenters. The first-order chi connectivity index (χ1) is 17.2. The number of hydrogen-bond acceptors (Lipinski definition) is 6. The van der Waals surface area contributed by atoms with Crippen molar-refractivity contribution < 1.29 is 12.8 Å². The zero-order valence-corrected chi connectivity index (χ0v) is 20.9. The summed E-state index contributed by atoms with van der Waals surface area (Å²) in [5.74, 6) is -0.304. The highest BCUT2D eigenvalue weighted by molar-refractivity contribution is 7.91. The van der Waals surface area contributed by atoms with E-state index in [2.05, 4.69) is 10.1 Å². The highest BCUT2D eigenvalue weighted by Gasteiger charge is 2.46. The van der Waals surface area contributed by atoms with Crippen LogP contribution in [0.2, 0.25) is 0 Å². The van der Waals surface area contributed by atoms with Gasteiger partial charge in [0.1, 0.15) is 0 Å². The molecule has 12 heteroatoms. The molecule has 0 atom stereocenters. The number of hydrogen-bond donors (Lipinski definition) is 0. The average molecular weight is 515 g/mol. The molecule has 0 amide bonds. The van der Waals surface area contributed by atoms with Crippen LogP contribution >= 0.6 is 0 Å². The molecule has 3 heterocycles. The maximum Gasteiger partial charge on any atom is 0.332 e. The number of alkyl halides is 1. The molecule has 0 bridgehead atoms. The van der Waals surface area contributed by atoms with Crippen molar-refractivity contribution in [1.82, 2.24) is 28.5 Å². The monoisotopic (exact) mass is 514 g/mol. The van der Waals surface area contributed by atoms with Crippen molar-refractivity contribution in [3.8, 4) is 0 Å². The molecule has 36 heavy (non-hydrogen) atoms. The van der Waals surface area contributed by atoms with Crippen molar-refractivity contribution in [3.63, 3.8) is 0 Å². The smallest absolute Gasteiger partial charge is 0.332 e. The standard InChI is InChI=1S/C24H27FN6O4S/c1-3-29-16-26-10-18(29)13-30-21-5-4-19(36(34,35)15-24(14-25)6-7-24)8-20(21)22(32)31(23(30)33)12-17-9-27-28(2)11-17/h4-5,8-11,16H,3,6-7,12-15H2,1-2H3. The van der Waals surface area contributed by atoms with Gasteiger partial charge in [-0.15, -0.1) is 0 Å². The van der Waals surface area contributed by atoms with E-state index in [1.165, 1.54) is 22.8 Å². The lowest BCUT2D eigenvalue weighted by Crippen LogP contribution is -2.40. The van der Waals surface area contributed by atoms with Gasteiger partial charge in [0.2, 0.25) is 0 Å². The van der Waals surface area contributed by atoms with E-state index >= 15 is 0 Å². The number of nitrogens with zero attached hydrogens (tertiary/aromatic N) is 6. The van der Waals surface area contributed by atoms with Crippen LogP contribution in [0.4, 0.5) is 4.39 Å². The molecule has 1 fully saturated rings. The zero-order chi connectivity index (χ0) is 25.7. The van der Waals surface area contributed by atoms with Gasteiger partial charge in [0.15, 0.2) is 9.84 Å². The Morgan fingerprint density at radius 2 is 1.89 bits per heavy atom. The predicted molar refractivity (Wildman–Crippen MR) is 131 cm³/mol. The lowest BCUT2D eigenvalue weighted by Gasteiger charge is -2.16. The second-order valence-corrected chi connectivity index (χ2v) is 11.5. The van der Waals surface area contributed by atoms with Crippen molar-refractivity contribution in [2.24, 2.45) is 12.5 Å². The second kappa shape index (κ2) is 8.84. The summed E-state index contributed by atoms with van der Waals surface area (Å²) in [5, 5.41) is 4.21. The maximum absolute atomic E-state index is 13.6. The molecule has 0 N–H and O–H groups in total. The Balaban J connectivity index is 1.68. The molecule has 0 spiro atoms. The van der Waals surface area contributed by atoms with E-state index in [1.54, 1.807) is 36.6 Å². The summed E-state index contributed by atoms with van der Waals surface area (Å²) in [6.45, 7) is 2.04. The molecule has 4 aromatic rings. The van der Waals surface area contributed by atoms with E-state index in [9.17, 15) is 22.4 Å². The number of fused-ring (bicyclic) bond motifs is 1. The summed E-state index contributed by atoms with van der Waals surface area (Å²) in [6.07, 6.45) is 7.65. The number of imidazole rings is 1. The first-order valence-corrected chi connectivity index (χ1v) is 13.3. The molecule has 1 aliphatic carbocycles. The molecule has 1 aliphatic rings. The van der Waals surface area contributed by atoms with Crippen LogP contribution in [0.1, 0.15) is 31.0 Å². The fourth-order valence-corrected chi connectivity index (χ4v) is 6.44. The molecule has 5 rings (SSSR count). The van der Waals surface area contributed by atoms with Crippen LogP contribution < -0.4 is 11.2 Å². The number of aromatic nitrogens is 6. The number of halogens is 1. The molecule has 1 saturated carbocycles. The van der Waals surface area contributed by atoms with Crippen LogP contribution in [0.25, 0.3) is 10.9 Å². The van der Waals surface area contributed by atoms with Crippen molar-refractivity contribution in [2.45, 2.75) is 44.3 Å². The molecule has 3 aromatic heterocycles. The predicted octanol–water partition coefficient (Wildman–Crippen LogP) is 1.73. The van der Waals surface area contributed by atoms with Gasteiger partial charge >= 0.3 is 5.69 Å². The lowest BCUT2D eigenvalue weighted by molar-refractivity contribution is 0.367. The number of aryl methyl sites for hydroxylation is 2. The fraction of sp³-hybridized carbons (Fsp3) is 0.417. The Morgan fingerprint density at radius 1 is 1.11 bits per heavy atom. The van der Waals surface area contributed by atoms with E-state index < -0.39 is 33.2 Å². The number of sulfone groups is 1. The molecular formula is C24H27FN6O4S. The van der Waals surface area contributed by atoms with Gasteiger partial charge in [-0.2, -0.15) is 5.10 Å². The van der Waals surface area contributed by atoms with Gasteiger partial charge in [0.25, 0.3) is 5.56 Å². The summed E-state index contributed by atoms with van der Waals surface area (Å²) < 4.78 is 45.6. The molecule has 1 aromatic carbocycles. The van der Waals surface area contributed by atoms with E-state index in [0.29, 0.717) is 30.5 Å². The van der Waals surface area contributed by atoms with Gasteiger partial charge in [0, 0.05) is 37.0 Å². The summed E-state index contributed by atoms with van der Waals surface area (Å²) >= 11 is 0. The largest absolute Gasteiger partial charge is 0.333 e. The Kier molecular flexibility index (Phi) is 5.93. The van der Waals surface area contributed by atoms with Crippen LogP contribution in [0.3, 0.4) is 0 Å². The van der Waals surface area contributed by atoms with Crippen LogP contribution in [-0.2, 0) is 36.5 Å². The molecule has 0 aliphatic heterocycles. The fourth-order valence-electron chi connectivity index (χ4n) is 4.53. The van der Waals surface area contributed by atoms with E-state index in [1.807, 2.05) is 11.5 Å². The second-order valence-electron chi connectivity index (χ2n) is 9.52. The zero-order valence-electron chi connectivity index (χ0n) is 20.1. The summed E-state index contributed by atoms with van der Waals surface area (Å²) in [4.78, 5) is 31.2. The van der Waals surface area contributed by atoms with Crippen LogP contribution in [0.15, 0.2) is 57.6 Å². The number of rotatable bonds is 9. The van der Waals surface area contributed by atoms with Crippen LogP contribution in [-0.4, -0.2) is 49.3 Å². The summed E-state index contributed by atoms with van der Waals surface area (Å²) in [6, 6.07) is 4.19. The Bertz CT molecular complexity index is 1680. The SMILES string of the molecule is CCn1cncc1Cn1c(=O)n(Cc2cnn(C)c2)c(=O)c2cc(S(=O)(=O)CC3(CF)CC3)ccc21. The normalized spacial score (nSPS) is 15.0. The van der Waals surface area contributed by atoms with Gasteiger partial charge in [-0.1, -0.05) is 0 Å². The van der Waals surface area contributed by atoms with Gasteiger partial charge in [0.05, 0.1) is 59.5 Å². The first kappa shape index (κ1) is 24.2. The maximum atomic E-state index is 13.6. The quantitative estimate of drug-likeness (QED) is 0.336. The third-order valence-corrected chi connectivity index (χ3v) is 8.82. The van der Waals surface area contributed by atoms with Gasteiger partial charge in [-0.05, 0) is 38.0 Å². The summed E-state index contributed by atoms with van der Waals surface area (Å²) in [7, 11) is -2.10. The van der Waals surface area contributed by atoms with Crippen molar-refractivity contribution in [3.05, 3.63) is 75.2 Å². The lowest BCUT2D eigenvalue weighted by atomic mass is 10.2. The van der Waals surface area contributed by atoms with Crippen LogP contribution in [0, 0.1) is 5.41 Å². The van der Waals surface area contributed by atoms with Crippen molar-refractivity contribution in [2.75, 3.05) is 12.4 Å². The molecule has 190 valence electrons.